The molecule has 0 spiro atoms. The summed E-state index contributed by atoms with van der Waals surface area (Å²) >= 11 is 0. The van der Waals surface area contributed by atoms with Crippen molar-refractivity contribution in [3.8, 4) is 11.5 Å². The SMILES string of the molecule is CCCCCCCCCCC(=O)C1=CC(=O)c2c(OC)ccc(OC)c2C1=O. The van der Waals surface area contributed by atoms with Gasteiger partial charge in [0.15, 0.2) is 11.6 Å². The third-order valence-electron chi connectivity index (χ3n) is 5.12. The largest absolute Gasteiger partial charge is 0.496 e. The summed E-state index contributed by atoms with van der Waals surface area (Å²) in [6, 6.07) is 3.17. The van der Waals surface area contributed by atoms with Crippen molar-refractivity contribution in [2.24, 2.45) is 0 Å². The Morgan fingerprint density at radius 2 is 1.36 bits per heavy atom. The third-order valence-corrected chi connectivity index (χ3v) is 5.12. The van der Waals surface area contributed by atoms with Crippen molar-refractivity contribution < 1.29 is 23.9 Å². The van der Waals surface area contributed by atoms with Gasteiger partial charge in [-0.15, -0.1) is 0 Å². The number of ether oxygens (including phenoxy) is 2. The highest BCUT2D eigenvalue weighted by molar-refractivity contribution is 6.36. The van der Waals surface area contributed by atoms with Crippen LogP contribution in [0.1, 0.15) is 85.4 Å². The second-order valence-electron chi connectivity index (χ2n) is 7.12. The Labute approximate surface area is 167 Å². The van der Waals surface area contributed by atoms with E-state index < -0.39 is 11.6 Å². The van der Waals surface area contributed by atoms with E-state index >= 15 is 0 Å². The summed E-state index contributed by atoms with van der Waals surface area (Å²) in [6.45, 7) is 2.20. The maximum atomic E-state index is 12.9. The van der Waals surface area contributed by atoms with Gasteiger partial charge in [-0.05, 0) is 18.6 Å². The maximum absolute atomic E-state index is 12.9. The fourth-order valence-electron chi connectivity index (χ4n) is 3.54. The second-order valence-corrected chi connectivity index (χ2v) is 7.12. The van der Waals surface area contributed by atoms with Gasteiger partial charge in [0.05, 0.1) is 30.9 Å². The Hall–Kier alpha value is -2.43. The zero-order valence-electron chi connectivity index (χ0n) is 17.1. The molecule has 0 saturated heterocycles. The van der Waals surface area contributed by atoms with E-state index in [0.29, 0.717) is 5.75 Å². The average molecular weight is 386 g/mol. The van der Waals surface area contributed by atoms with E-state index in [1.54, 1.807) is 12.1 Å². The number of unbranched alkanes of at least 4 members (excludes halogenated alkanes) is 7. The van der Waals surface area contributed by atoms with Crippen molar-refractivity contribution in [3.63, 3.8) is 0 Å². The van der Waals surface area contributed by atoms with Gasteiger partial charge in [0.25, 0.3) is 0 Å². The summed E-state index contributed by atoms with van der Waals surface area (Å²) in [5, 5.41) is 0. The third kappa shape index (κ3) is 5.09. The molecule has 0 fully saturated rings. The van der Waals surface area contributed by atoms with Crippen molar-refractivity contribution in [2.75, 3.05) is 14.2 Å². The lowest BCUT2D eigenvalue weighted by Crippen LogP contribution is -2.23. The number of hydrogen-bond acceptors (Lipinski definition) is 5. The molecule has 1 aromatic rings. The fourth-order valence-corrected chi connectivity index (χ4v) is 3.54. The van der Waals surface area contributed by atoms with Crippen molar-refractivity contribution >= 4 is 17.3 Å². The van der Waals surface area contributed by atoms with Crippen LogP contribution in [0.25, 0.3) is 0 Å². The molecule has 0 atom stereocenters. The van der Waals surface area contributed by atoms with E-state index in [0.717, 1.165) is 25.3 Å². The normalized spacial score (nSPS) is 13.2. The number of rotatable bonds is 12. The fraction of sp³-hybridized carbons (Fsp3) is 0.522. The van der Waals surface area contributed by atoms with E-state index in [2.05, 4.69) is 6.92 Å². The zero-order valence-corrected chi connectivity index (χ0v) is 17.1. The van der Waals surface area contributed by atoms with E-state index in [1.807, 2.05) is 0 Å². The van der Waals surface area contributed by atoms with Crippen LogP contribution in [0.4, 0.5) is 0 Å². The molecule has 1 aliphatic carbocycles. The van der Waals surface area contributed by atoms with Crippen LogP contribution in [0.2, 0.25) is 0 Å². The van der Waals surface area contributed by atoms with Crippen LogP contribution in [-0.2, 0) is 4.79 Å². The molecule has 28 heavy (non-hydrogen) atoms. The Balaban J connectivity index is 2.00. The smallest absolute Gasteiger partial charge is 0.201 e. The molecule has 0 heterocycles. The number of hydrogen-bond donors (Lipinski definition) is 0. The minimum Gasteiger partial charge on any atom is -0.496 e. The zero-order chi connectivity index (χ0) is 20.5. The molecule has 0 saturated carbocycles. The van der Waals surface area contributed by atoms with Crippen LogP contribution < -0.4 is 9.47 Å². The van der Waals surface area contributed by atoms with E-state index in [-0.39, 0.29) is 34.7 Å². The summed E-state index contributed by atoms with van der Waals surface area (Å²) in [7, 11) is 2.87. The molecule has 0 radical (unpaired) electrons. The Bertz CT molecular complexity index is 761. The Kier molecular flexibility index (Phi) is 8.42. The quantitative estimate of drug-likeness (QED) is 0.369. The van der Waals surface area contributed by atoms with E-state index in [1.165, 1.54) is 46.3 Å². The van der Waals surface area contributed by atoms with E-state index in [9.17, 15) is 14.4 Å². The molecule has 0 N–H and O–H groups in total. The first-order valence-corrected chi connectivity index (χ1v) is 10.1. The molecule has 0 bridgehead atoms. The second kappa shape index (κ2) is 10.8. The lowest BCUT2D eigenvalue weighted by atomic mass is 9.85. The van der Waals surface area contributed by atoms with Gasteiger partial charge >= 0.3 is 0 Å². The molecule has 2 rings (SSSR count). The van der Waals surface area contributed by atoms with Crippen LogP contribution in [-0.4, -0.2) is 31.6 Å². The molecular weight excluding hydrogens is 356 g/mol. The first kappa shape index (κ1) is 21.9. The van der Waals surface area contributed by atoms with Gasteiger partial charge in [0.1, 0.15) is 11.5 Å². The van der Waals surface area contributed by atoms with Gasteiger partial charge in [-0.1, -0.05) is 51.9 Å². The minimum absolute atomic E-state index is 0.0491. The van der Waals surface area contributed by atoms with Crippen molar-refractivity contribution in [1.29, 1.82) is 0 Å². The predicted octanol–water partition coefficient (Wildman–Crippen LogP) is 5.11. The molecule has 0 amide bonds. The molecular formula is C23H30O5. The number of fused-ring (bicyclic) bond motifs is 1. The van der Waals surface area contributed by atoms with Gasteiger partial charge < -0.3 is 9.47 Å². The highest BCUT2D eigenvalue weighted by atomic mass is 16.5. The van der Waals surface area contributed by atoms with Crippen molar-refractivity contribution in [2.45, 2.75) is 64.7 Å². The van der Waals surface area contributed by atoms with Crippen LogP contribution >= 0.6 is 0 Å². The van der Waals surface area contributed by atoms with Gasteiger partial charge in [-0.25, -0.2) is 0 Å². The van der Waals surface area contributed by atoms with Gasteiger partial charge in [-0.3, -0.25) is 14.4 Å². The topological polar surface area (TPSA) is 69.7 Å². The van der Waals surface area contributed by atoms with Crippen LogP contribution in [0.5, 0.6) is 11.5 Å². The number of benzene rings is 1. The number of allylic oxidation sites excluding steroid dienone is 2. The number of carbonyl (C=O) groups is 3. The number of ketones is 3. The molecule has 152 valence electrons. The summed E-state index contributed by atoms with van der Waals surface area (Å²) in [5.74, 6) is -0.556. The monoisotopic (exact) mass is 386 g/mol. The lowest BCUT2D eigenvalue weighted by Gasteiger charge is -2.19. The number of Topliss-reactive ketones (excluding diaryl/α,β-unsaturated/α-hetero) is 2. The Morgan fingerprint density at radius 1 is 0.821 bits per heavy atom. The number of carbonyl (C=O) groups excluding carboxylic acids is 3. The van der Waals surface area contributed by atoms with Crippen molar-refractivity contribution in [3.05, 3.63) is 34.9 Å². The first-order valence-electron chi connectivity index (χ1n) is 10.1. The minimum atomic E-state index is -0.463. The Morgan fingerprint density at radius 3 is 1.93 bits per heavy atom. The highest BCUT2D eigenvalue weighted by Crippen LogP contribution is 2.36. The van der Waals surface area contributed by atoms with Crippen LogP contribution in [0.3, 0.4) is 0 Å². The van der Waals surface area contributed by atoms with Gasteiger partial charge in [-0.2, -0.15) is 0 Å². The first-order chi connectivity index (χ1) is 13.5. The predicted molar refractivity (Wildman–Crippen MR) is 109 cm³/mol. The molecule has 0 aliphatic heterocycles. The van der Waals surface area contributed by atoms with E-state index in [4.69, 9.17) is 9.47 Å². The summed E-state index contributed by atoms with van der Waals surface area (Å²) in [5.41, 5.74) is 0.233. The molecule has 1 aliphatic rings. The molecule has 0 aromatic heterocycles. The standard InChI is InChI=1S/C23H30O5/c1-4-5-6-7-8-9-10-11-12-17(24)16-15-18(25)21-19(27-2)13-14-20(28-3)22(21)23(16)26/h13-15H,4-12H2,1-3H3. The molecule has 1 aromatic carbocycles. The average Bonchev–Trinajstić information content (AvgIpc) is 2.71. The number of methoxy groups -OCH3 is 2. The van der Waals surface area contributed by atoms with Gasteiger partial charge in [0.2, 0.25) is 5.78 Å². The van der Waals surface area contributed by atoms with Crippen molar-refractivity contribution in [1.82, 2.24) is 0 Å². The highest BCUT2D eigenvalue weighted by Gasteiger charge is 2.34. The molecule has 5 nitrogen and oxygen atoms in total. The summed E-state index contributed by atoms with van der Waals surface area (Å²) < 4.78 is 10.5. The maximum Gasteiger partial charge on any atom is 0.201 e. The molecule has 0 unspecified atom stereocenters. The molecule has 5 heteroatoms. The summed E-state index contributed by atoms with van der Waals surface area (Å²) in [4.78, 5) is 38.1. The lowest BCUT2D eigenvalue weighted by molar-refractivity contribution is -0.115. The summed E-state index contributed by atoms with van der Waals surface area (Å²) in [6.07, 6.45) is 10.4. The van der Waals surface area contributed by atoms with Crippen LogP contribution in [0.15, 0.2) is 23.8 Å². The van der Waals surface area contributed by atoms with Gasteiger partial charge in [0, 0.05) is 12.5 Å². The van der Waals surface area contributed by atoms with Crippen LogP contribution in [0, 0.1) is 0 Å².